The number of phosphoric acid groups is 2. The molecule has 1 heterocycles. The Hall–Kier alpha value is -1.90. The molecule has 0 aromatic heterocycles. The molecule has 0 spiro atoms. The van der Waals surface area contributed by atoms with Crippen LogP contribution >= 0.6 is 15.6 Å². The third-order valence-corrected chi connectivity index (χ3v) is 13.8. The van der Waals surface area contributed by atoms with E-state index in [4.69, 9.17) is 23.0 Å². The number of esters is 2. The first-order valence-corrected chi connectivity index (χ1v) is 27.8. The predicted octanol–water partition coefficient (Wildman–Crippen LogP) is 5.89. The van der Waals surface area contributed by atoms with E-state index < -0.39 is 120 Å². The van der Waals surface area contributed by atoms with Crippen LogP contribution in [-0.2, 0) is 41.8 Å². The first kappa shape index (κ1) is 62.2. The van der Waals surface area contributed by atoms with Crippen LogP contribution in [0.1, 0.15) is 162 Å². The third kappa shape index (κ3) is 26.0. The number of ether oxygens (including phenoxy) is 2. The van der Waals surface area contributed by atoms with Gasteiger partial charge < -0.3 is 59.9 Å². The minimum Gasteiger partial charge on any atom is -0.461 e. The van der Waals surface area contributed by atoms with Crippen molar-refractivity contribution >= 4 is 27.6 Å². The Morgan fingerprint density at radius 2 is 1.38 bits per heavy atom. The maximum absolute atomic E-state index is 13.7. The zero-order chi connectivity index (χ0) is 50.5. The fraction of sp³-hybridized carbons (Fsp3) is 0.830. The van der Waals surface area contributed by atoms with Crippen LogP contribution in [0.15, 0.2) is 36.5 Å². The van der Waals surface area contributed by atoms with Gasteiger partial charge in [0.15, 0.2) is 6.10 Å². The van der Waals surface area contributed by atoms with Crippen LogP contribution < -0.4 is 0 Å². The molecule has 19 nitrogen and oxygen atoms in total. The number of cyclic esters (lactones) is 1. The molecular weight excluding hydrogens is 930 g/mol. The van der Waals surface area contributed by atoms with E-state index in [1.807, 2.05) is 6.92 Å². The molecule has 0 saturated heterocycles. The molecule has 10 N–H and O–H groups in total. The van der Waals surface area contributed by atoms with Crippen molar-refractivity contribution in [3.63, 3.8) is 0 Å². The van der Waals surface area contributed by atoms with Gasteiger partial charge in [0.05, 0.1) is 43.5 Å². The van der Waals surface area contributed by atoms with Crippen molar-refractivity contribution in [2.75, 3.05) is 13.2 Å². The lowest BCUT2D eigenvalue weighted by atomic mass is 9.83. The maximum Gasteiger partial charge on any atom is 0.472 e. The van der Waals surface area contributed by atoms with E-state index in [0.717, 1.165) is 70.3 Å². The smallest absolute Gasteiger partial charge is 0.461 e. The highest BCUT2D eigenvalue weighted by Crippen LogP contribution is 2.50. The van der Waals surface area contributed by atoms with Gasteiger partial charge in [-0.3, -0.25) is 23.2 Å². The third-order valence-electron chi connectivity index (χ3n) is 12.3. The molecule has 1 aliphatic carbocycles. The molecule has 1 fully saturated rings. The average Bonchev–Trinajstić information content (AvgIpc) is 3.28. The Morgan fingerprint density at radius 3 is 2.00 bits per heavy atom. The Morgan fingerprint density at radius 1 is 0.794 bits per heavy atom. The topological polar surface area (TPSA) is 317 Å². The summed E-state index contributed by atoms with van der Waals surface area (Å²) in [4.78, 5) is 56.6. The van der Waals surface area contributed by atoms with Gasteiger partial charge in [0.25, 0.3) is 0 Å². The largest absolute Gasteiger partial charge is 0.472 e. The van der Waals surface area contributed by atoms with Crippen molar-refractivity contribution in [3.05, 3.63) is 36.5 Å². The van der Waals surface area contributed by atoms with E-state index in [9.17, 15) is 69.1 Å². The highest BCUT2D eigenvalue weighted by Gasteiger charge is 2.51. The van der Waals surface area contributed by atoms with Gasteiger partial charge in [0, 0.05) is 24.7 Å². The molecule has 0 radical (unpaired) electrons. The first-order valence-electron chi connectivity index (χ1n) is 24.8. The quantitative estimate of drug-likeness (QED) is 0.0209. The normalized spacial score (nSPS) is 31.6. The summed E-state index contributed by atoms with van der Waals surface area (Å²) in [6.45, 7) is 2.53. The number of aliphatic hydroxyl groups excluding tert-OH is 7. The average molecular weight is 1020 g/mol. The van der Waals surface area contributed by atoms with Gasteiger partial charge in [-0.2, -0.15) is 0 Å². The molecule has 0 aromatic rings. The molecule has 2 rings (SSSR count). The molecule has 0 aromatic carbocycles. The van der Waals surface area contributed by atoms with E-state index in [2.05, 4.69) is 19.1 Å². The number of phosphoric ester groups is 2. The van der Waals surface area contributed by atoms with Crippen molar-refractivity contribution in [1.82, 2.24) is 0 Å². The fourth-order valence-electron chi connectivity index (χ4n) is 8.28. The highest BCUT2D eigenvalue weighted by atomic mass is 31.2. The second-order valence-corrected chi connectivity index (χ2v) is 20.8. The van der Waals surface area contributed by atoms with E-state index in [-0.39, 0.29) is 25.7 Å². The van der Waals surface area contributed by atoms with Crippen LogP contribution in [0.2, 0.25) is 0 Å². The van der Waals surface area contributed by atoms with Crippen molar-refractivity contribution in [3.8, 4) is 0 Å². The van der Waals surface area contributed by atoms with Crippen molar-refractivity contribution in [1.29, 1.82) is 0 Å². The summed E-state index contributed by atoms with van der Waals surface area (Å²) < 4.78 is 52.0. The zero-order valence-corrected chi connectivity index (χ0v) is 41.9. The SMILES string of the molecule is CCCCCCCC/C=C\CCCCCCCCCC(=O)O[C@@H]1COC(=O)C/C=C\C[C@H]2[C@@H](O)[C@H](O)[C@@H](O)[C@H](OP(=O)(O)OC1)[C@H](OP(=O)(O)O)[C@H](O)[C@@H](/C=C/[C@H](O)CCCCC)[C@H](O)C[C@@H]2O. The molecule has 68 heavy (non-hydrogen) atoms. The summed E-state index contributed by atoms with van der Waals surface area (Å²) in [5, 5.41) is 79.4. The molecular formula is C47H84O19P2. The number of allylic oxidation sites excluding steroid dienone is 3. The number of aliphatic hydroxyl groups is 7. The van der Waals surface area contributed by atoms with Gasteiger partial charge >= 0.3 is 27.6 Å². The van der Waals surface area contributed by atoms with Gasteiger partial charge in [-0.1, -0.05) is 134 Å². The van der Waals surface area contributed by atoms with Crippen LogP contribution in [-0.4, -0.2) is 137 Å². The molecule has 2 bridgehead atoms. The van der Waals surface area contributed by atoms with Gasteiger partial charge in [0.1, 0.15) is 31.0 Å². The van der Waals surface area contributed by atoms with Crippen molar-refractivity contribution in [2.24, 2.45) is 11.8 Å². The van der Waals surface area contributed by atoms with Crippen LogP contribution in [0, 0.1) is 11.8 Å². The highest BCUT2D eigenvalue weighted by molar-refractivity contribution is 7.47. The van der Waals surface area contributed by atoms with Crippen LogP contribution in [0.5, 0.6) is 0 Å². The second-order valence-electron chi connectivity index (χ2n) is 18.2. The van der Waals surface area contributed by atoms with E-state index in [1.165, 1.54) is 56.8 Å². The Kier molecular flexibility index (Phi) is 31.5. The Balaban J connectivity index is 2.25. The van der Waals surface area contributed by atoms with E-state index in [0.29, 0.717) is 12.8 Å². The molecule has 1 aliphatic heterocycles. The summed E-state index contributed by atoms with van der Waals surface area (Å²) in [6.07, 6.45) is 5.59. The van der Waals surface area contributed by atoms with Gasteiger partial charge in [-0.25, -0.2) is 9.13 Å². The lowest BCUT2D eigenvalue weighted by molar-refractivity contribution is -0.165. The lowest BCUT2D eigenvalue weighted by Gasteiger charge is -2.38. The summed E-state index contributed by atoms with van der Waals surface area (Å²) >= 11 is 0. The number of hydrogen-bond acceptors (Lipinski definition) is 16. The minimum absolute atomic E-state index is 0.0398. The molecule has 21 heteroatoms. The summed E-state index contributed by atoms with van der Waals surface area (Å²) in [5.41, 5.74) is 0. The van der Waals surface area contributed by atoms with E-state index >= 15 is 0 Å². The molecule has 1 unspecified atom stereocenters. The van der Waals surface area contributed by atoms with Gasteiger partial charge in [-0.05, 0) is 44.9 Å². The Bertz CT molecular complexity index is 1570. The Labute approximate surface area is 402 Å². The van der Waals surface area contributed by atoms with E-state index in [1.54, 1.807) is 0 Å². The van der Waals surface area contributed by atoms with Crippen molar-refractivity contribution in [2.45, 2.75) is 223 Å². The number of fused-ring (bicyclic) bond motifs is 4. The zero-order valence-electron chi connectivity index (χ0n) is 40.1. The monoisotopic (exact) mass is 1010 g/mol. The maximum atomic E-state index is 13.7. The molecule has 396 valence electrons. The van der Waals surface area contributed by atoms with Gasteiger partial charge in [0.2, 0.25) is 0 Å². The number of hydrogen-bond donors (Lipinski definition) is 10. The first-order chi connectivity index (χ1) is 32.3. The number of carbonyl (C=O) groups excluding carboxylic acids is 2. The number of rotatable bonds is 26. The summed E-state index contributed by atoms with van der Waals surface area (Å²) in [6, 6.07) is 0. The fourth-order valence-corrected chi connectivity index (χ4v) is 9.81. The van der Waals surface area contributed by atoms with Crippen LogP contribution in [0.25, 0.3) is 0 Å². The summed E-state index contributed by atoms with van der Waals surface area (Å²) in [7, 11) is -11.4. The molecule has 0 amide bonds. The number of carbonyl (C=O) groups is 2. The predicted molar refractivity (Wildman–Crippen MR) is 252 cm³/mol. The summed E-state index contributed by atoms with van der Waals surface area (Å²) in [5.74, 6) is -4.76. The minimum atomic E-state index is -5.76. The lowest BCUT2D eigenvalue weighted by Crippen LogP contribution is -2.56. The molecule has 2 aliphatic rings. The van der Waals surface area contributed by atoms with Gasteiger partial charge in [-0.15, -0.1) is 0 Å². The molecule has 13 atom stereocenters. The van der Waals surface area contributed by atoms with Crippen molar-refractivity contribution < 1.29 is 92.2 Å². The van der Waals surface area contributed by atoms with Crippen LogP contribution in [0.4, 0.5) is 0 Å². The second kappa shape index (κ2) is 34.5. The number of unbranched alkanes of at least 4 members (excludes halogenated alkanes) is 15. The molecule has 1 saturated carbocycles. The standard InChI is InChI=1S/C47H84O19P2/c1-3-5-7-8-9-10-11-12-13-14-15-16-17-18-19-20-22-28-41(52)64-35-32-62-40(51)27-24-23-26-36-38(49)31-39(50)37(30-29-34(48)25-21-6-4-2)43(54)46(65-67(57,58)59)47(45(56)44(55)42(36)53)66-68(60,61)63-33-35/h12-13,23-24,29-30,34-39,42-50,53-56H,3-11,14-22,25-28,31-33H2,1-2H3,(H,60,61)(H2,57,58,59)/b13-12-,24-23-,30-29+/t34-,35-,36-,37+,38+,39-,42-,43-,44+,45-,46-,47+/m1/s1. The van der Waals surface area contributed by atoms with Crippen LogP contribution in [0.3, 0.4) is 0 Å².